The first-order chi connectivity index (χ1) is 16.2. The van der Waals surface area contributed by atoms with E-state index >= 15 is 0 Å². The number of carbonyl (C=O) groups is 1. The molecule has 11 heteroatoms. The molecule has 4 aromatic rings. The van der Waals surface area contributed by atoms with Crippen LogP contribution in [0.15, 0.2) is 59.8 Å². The van der Waals surface area contributed by atoms with E-state index < -0.39 is 9.84 Å². The molecule has 0 spiro atoms. The minimum Gasteiger partial charge on any atom is -0.484 e. The molecule has 0 aliphatic heterocycles. The summed E-state index contributed by atoms with van der Waals surface area (Å²) in [6.07, 6.45) is 4.40. The summed E-state index contributed by atoms with van der Waals surface area (Å²) in [6.45, 7) is 3.65. The van der Waals surface area contributed by atoms with Crippen LogP contribution >= 0.6 is 0 Å². The summed E-state index contributed by atoms with van der Waals surface area (Å²) in [7, 11) is -3.41. The topological polar surface area (TPSA) is 139 Å². The Balaban J connectivity index is 1.72. The summed E-state index contributed by atoms with van der Waals surface area (Å²) >= 11 is 0. The zero-order valence-corrected chi connectivity index (χ0v) is 19.7. The number of fused-ring (bicyclic) bond motifs is 1. The number of ether oxygens (including phenoxy) is 1. The molecular weight excluding hydrogens is 456 g/mol. The number of anilines is 2. The maximum absolute atomic E-state index is 12.1. The molecule has 0 fully saturated rings. The van der Waals surface area contributed by atoms with Crippen LogP contribution in [0.2, 0.25) is 0 Å². The predicted molar refractivity (Wildman–Crippen MR) is 129 cm³/mol. The van der Waals surface area contributed by atoms with Crippen LogP contribution in [-0.2, 0) is 14.6 Å². The van der Waals surface area contributed by atoms with E-state index in [4.69, 9.17) is 4.74 Å². The molecule has 4 rings (SSSR count). The molecule has 0 unspecified atom stereocenters. The maximum Gasteiger partial charge on any atom is 0.258 e. The quantitative estimate of drug-likeness (QED) is 0.350. The Morgan fingerprint density at radius 1 is 1.15 bits per heavy atom. The Hall–Kier alpha value is -3.99. The molecule has 176 valence electrons. The second-order valence-electron chi connectivity index (χ2n) is 8.00. The average molecular weight is 481 g/mol. The van der Waals surface area contributed by atoms with Gasteiger partial charge in [0.1, 0.15) is 11.6 Å². The Bertz CT molecular complexity index is 1440. The molecule has 2 aromatic heterocycles. The van der Waals surface area contributed by atoms with Crippen molar-refractivity contribution in [3.05, 3.63) is 54.9 Å². The van der Waals surface area contributed by atoms with Gasteiger partial charge in [-0.15, -0.1) is 0 Å². The lowest BCUT2D eigenvalue weighted by Gasteiger charge is -2.12. The van der Waals surface area contributed by atoms with E-state index in [0.29, 0.717) is 39.5 Å². The summed E-state index contributed by atoms with van der Waals surface area (Å²) in [4.78, 5) is 21.4. The Labute approximate surface area is 196 Å². The summed E-state index contributed by atoms with van der Waals surface area (Å²) < 4.78 is 29.8. The van der Waals surface area contributed by atoms with E-state index in [1.54, 1.807) is 42.7 Å². The van der Waals surface area contributed by atoms with Crippen LogP contribution in [0.4, 0.5) is 11.5 Å². The zero-order chi connectivity index (χ0) is 24.3. The van der Waals surface area contributed by atoms with Gasteiger partial charge < -0.3 is 15.4 Å². The number of aromatic amines is 1. The SMILES string of the molecule is CC(C)NC(=O)COc1cccc(-c2nc(Nc3cn[nH]c3)c3cc(S(C)(=O)=O)ccc3n2)c1. The molecule has 34 heavy (non-hydrogen) atoms. The molecule has 10 nitrogen and oxygen atoms in total. The summed E-state index contributed by atoms with van der Waals surface area (Å²) in [5, 5.41) is 13.1. The number of nitrogens with one attached hydrogen (secondary N) is 3. The molecule has 3 N–H and O–H groups in total. The van der Waals surface area contributed by atoms with Crippen molar-refractivity contribution in [3.8, 4) is 17.1 Å². The number of rotatable bonds is 8. The minimum atomic E-state index is -3.41. The Kier molecular flexibility index (Phi) is 6.46. The second-order valence-corrected chi connectivity index (χ2v) is 10.0. The number of nitrogens with zero attached hydrogens (tertiary/aromatic N) is 3. The number of sulfone groups is 1. The van der Waals surface area contributed by atoms with Crippen LogP contribution in [0.1, 0.15) is 13.8 Å². The van der Waals surface area contributed by atoms with Gasteiger partial charge in [-0.25, -0.2) is 18.4 Å². The highest BCUT2D eigenvalue weighted by Crippen LogP contribution is 2.30. The lowest BCUT2D eigenvalue weighted by molar-refractivity contribution is -0.123. The van der Waals surface area contributed by atoms with E-state index in [1.807, 2.05) is 19.9 Å². The number of aromatic nitrogens is 4. The van der Waals surface area contributed by atoms with Gasteiger partial charge in [0.15, 0.2) is 22.3 Å². The fourth-order valence-electron chi connectivity index (χ4n) is 3.26. The number of hydrogen-bond donors (Lipinski definition) is 3. The number of H-pyrrole nitrogens is 1. The van der Waals surface area contributed by atoms with E-state index in [9.17, 15) is 13.2 Å². The highest BCUT2D eigenvalue weighted by molar-refractivity contribution is 7.90. The van der Waals surface area contributed by atoms with Crippen LogP contribution in [0.3, 0.4) is 0 Å². The number of amides is 1. The number of benzene rings is 2. The van der Waals surface area contributed by atoms with Crippen LogP contribution in [0.5, 0.6) is 5.75 Å². The largest absolute Gasteiger partial charge is 0.484 e. The number of carbonyl (C=O) groups excluding carboxylic acids is 1. The first kappa shape index (κ1) is 23.2. The zero-order valence-electron chi connectivity index (χ0n) is 18.9. The minimum absolute atomic E-state index is 0.0257. The predicted octanol–water partition coefficient (Wildman–Crippen LogP) is 3.07. The van der Waals surface area contributed by atoms with Crippen molar-refractivity contribution < 1.29 is 17.9 Å². The van der Waals surface area contributed by atoms with Crippen molar-refractivity contribution in [1.29, 1.82) is 0 Å². The Morgan fingerprint density at radius 3 is 2.68 bits per heavy atom. The third-order valence-electron chi connectivity index (χ3n) is 4.77. The van der Waals surface area contributed by atoms with Crippen molar-refractivity contribution in [2.45, 2.75) is 24.8 Å². The molecular formula is C23H24N6O4S. The van der Waals surface area contributed by atoms with Gasteiger partial charge in [-0.05, 0) is 44.2 Å². The van der Waals surface area contributed by atoms with Crippen LogP contribution < -0.4 is 15.4 Å². The smallest absolute Gasteiger partial charge is 0.258 e. The van der Waals surface area contributed by atoms with E-state index in [2.05, 4.69) is 30.8 Å². The van der Waals surface area contributed by atoms with Crippen LogP contribution in [0, 0.1) is 0 Å². The fourth-order valence-corrected chi connectivity index (χ4v) is 3.90. The molecule has 0 radical (unpaired) electrons. The average Bonchev–Trinajstić information content (AvgIpc) is 3.29. The fraction of sp³-hybridized carbons (Fsp3) is 0.217. The summed E-state index contributed by atoms with van der Waals surface area (Å²) in [5.41, 5.74) is 1.89. The molecule has 0 bridgehead atoms. The summed E-state index contributed by atoms with van der Waals surface area (Å²) in [5.74, 6) is 1.12. The van der Waals surface area contributed by atoms with Gasteiger partial charge in [-0.1, -0.05) is 12.1 Å². The van der Waals surface area contributed by atoms with Crippen LogP contribution in [-0.4, -0.2) is 53.4 Å². The molecule has 2 aromatic carbocycles. The molecule has 0 aliphatic carbocycles. The Morgan fingerprint density at radius 2 is 1.97 bits per heavy atom. The van der Waals surface area contributed by atoms with Crippen molar-refractivity contribution in [2.24, 2.45) is 0 Å². The van der Waals surface area contributed by atoms with Gasteiger partial charge >= 0.3 is 0 Å². The number of hydrogen-bond acceptors (Lipinski definition) is 8. The molecule has 2 heterocycles. The highest BCUT2D eigenvalue weighted by Gasteiger charge is 2.15. The summed E-state index contributed by atoms with van der Waals surface area (Å²) in [6, 6.07) is 11.8. The van der Waals surface area contributed by atoms with E-state index in [0.717, 1.165) is 6.26 Å². The monoisotopic (exact) mass is 480 g/mol. The van der Waals surface area contributed by atoms with E-state index in [1.165, 1.54) is 6.07 Å². The maximum atomic E-state index is 12.1. The van der Waals surface area contributed by atoms with Gasteiger partial charge in [0.2, 0.25) is 0 Å². The standard InChI is InChI=1S/C23H24N6O4S/c1-14(2)26-21(30)13-33-17-6-4-5-15(9-17)22-28-20-8-7-18(34(3,31)32)10-19(20)23(29-22)27-16-11-24-25-12-16/h4-12,14H,13H2,1-3H3,(H,24,25)(H,26,30)(H,27,28,29). The first-order valence-corrected chi connectivity index (χ1v) is 12.4. The normalized spacial score (nSPS) is 11.5. The van der Waals surface area contributed by atoms with Crippen molar-refractivity contribution in [3.63, 3.8) is 0 Å². The lowest BCUT2D eigenvalue weighted by Crippen LogP contribution is -2.34. The van der Waals surface area contributed by atoms with Crippen molar-refractivity contribution >= 4 is 38.2 Å². The third-order valence-corrected chi connectivity index (χ3v) is 5.88. The molecule has 1 amide bonds. The molecule has 0 atom stereocenters. The van der Waals surface area contributed by atoms with Gasteiger partial charge in [0.05, 0.1) is 22.3 Å². The van der Waals surface area contributed by atoms with Gasteiger partial charge in [-0.3, -0.25) is 9.89 Å². The van der Waals surface area contributed by atoms with Gasteiger partial charge in [0.25, 0.3) is 5.91 Å². The lowest BCUT2D eigenvalue weighted by atomic mass is 10.1. The van der Waals surface area contributed by atoms with E-state index in [-0.39, 0.29) is 23.5 Å². The molecule has 0 saturated carbocycles. The highest BCUT2D eigenvalue weighted by atomic mass is 32.2. The molecule has 0 saturated heterocycles. The molecule has 0 aliphatic rings. The van der Waals surface area contributed by atoms with Crippen molar-refractivity contribution in [2.75, 3.05) is 18.2 Å². The first-order valence-electron chi connectivity index (χ1n) is 10.5. The third kappa shape index (κ3) is 5.49. The second kappa shape index (κ2) is 9.48. The van der Waals surface area contributed by atoms with Gasteiger partial charge in [0, 0.05) is 29.4 Å². The van der Waals surface area contributed by atoms with Crippen molar-refractivity contribution in [1.82, 2.24) is 25.5 Å². The van der Waals surface area contributed by atoms with Crippen LogP contribution in [0.25, 0.3) is 22.3 Å². The van der Waals surface area contributed by atoms with Gasteiger partial charge in [-0.2, -0.15) is 5.10 Å².